The zero-order valence-electron chi connectivity index (χ0n) is 29.9. The van der Waals surface area contributed by atoms with Crippen molar-refractivity contribution in [1.29, 1.82) is 0 Å². The number of nitrogens with one attached hydrogen (secondary N) is 3. The lowest BCUT2D eigenvalue weighted by molar-refractivity contribution is -0.120. The quantitative estimate of drug-likeness (QED) is 0.201. The third-order valence-corrected chi connectivity index (χ3v) is 9.89. The van der Waals surface area contributed by atoms with E-state index in [0.29, 0.717) is 30.0 Å². The van der Waals surface area contributed by atoms with Gasteiger partial charge in [-0.1, -0.05) is 36.4 Å². The number of hydrogen-bond acceptors (Lipinski definition) is 8. The van der Waals surface area contributed by atoms with Gasteiger partial charge in [0.05, 0.1) is 11.4 Å². The number of nitrogens with zero attached hydrogens (tertiary/aromatic N) is 2. The third kappa shape index (κ3) is 10.3. The van der Waals surface area contributed by atoms with Crippen molar-refractivity contribution in [3.8, 4) is 0 Å². The van der Waals surface area contributed by atoms with Crippen molar-refractivity contribution in [2.24, 2.45) is 17.8 Å². The number of amides is 3. The molecule has 0 bridgehead atoms. The van der Waals surface area contributed by atoms with E-state index in [4.69, 9.17) is 9.47 Å². The Balaban J connectivity index is 1.42. The van der Waals surface area contributed by atoms with Crippen LogP contribution in [0, 0.1) is 23.6 Å². The maximum Gasteiger partial charge on any atom is 0.412 e. The van der Waals surface area contributed by atoms with Crippen LogP contribution in [-0.4, -0.2) is 85.1 Å². The number of halogens is 1. The van der Waals surface area contributed by atoms with Gasteiger partial charge in [-0.2, -0.15) is 0 Å². The summed E-state index contributed by atoms with van der Waals surface area (Å²) >= 11 is 0. The molecular weight excluding hydrogens is 641 g/mol. The van der Waals surface area contributed by atoms with Crippen LogP contribution in [-0.2, 0) is 25.7 Å². The van der Waals surface area contributed by atoms with Crippen LogP contribution < -0.4 is 16.0 Å². The highest BCUT2D eigenvalue weighted by Gasteiger charge is 2.48. The van der Waals surface area contributed by atoms with Crippen molar-refractivity contribution >= 4 is 35.8 Å². The zero-order valence-corrected chi connectivity index (χ0v) is 29.9. The molecule has 3 fully saturated rings. The van der Waals surface area contributed by atoms with Gasteiger partial charge in [-0.05, 0) is 95.4 Å². The van der Waals surface area contributed by atoms with Gasteiger partial charge in [-0.3, -0.25) is 15.0 Å². The lowest BCUT2D eigenvalue weighted by Crippen LogP contribution is -2.51. The van der Waals surface area contributed by atoms with E-state index in [1.165, 1.54) is 6.07 Å². The van der Waals surface area contributed by atoms with E-state index in [0.717, 1.165) is 57.2 Å². The van der Waals surface area contributed by atoms with Crippen LogP contribution in [0.15, 0.2) is 42.5 Å². The summed E-state index contributed by atoms with van der Waals surface area (Å²) in [5, 5.41) is 8.13. The van der Waals surface area contributed by atoms with Crippen molar-refractivity contribution in [3.63, 3.8) is 0 Å². The minimum Gasteiger partial charge on any atom is -0.444 e. The molecule has 2 aliphatic carbocycles. The normalized spacial score (nSPS) is 19.7. The number of benzene rings is 2. The molecule has 0 spiro atoms. The molecule has 3 amide bonds. The molecule has 2 aromatic carbocycles. The lowest BCUT2D eigenvalue weighted by Gasteiger charge is -2.39. The number of piperazine rings is 1. The minimum atomic E-state index is -0.932. The smallest absolute Gasteiger partial charge is 0.412 e. The van der Waals surface area contributed by atoms with Crippen LogP contribution in [0.5, 0.6) is 0 Å². The molecule has 1 heterocycles. The largest absolute Gasteiger partial charge is 0.444 e. The van der Waals surface area contributed by atoms with E-state index < -0.39 is 41.5 Å². The fourth-order valence-corrected chi connectivity index (χ4v) is 6.91. The Kier molecular flexibility index (Phi) is 12.2. The number of anilines is 2. The molecule has 0 aromatic heterocycles. The number of ether oxygens (including phenoxy) is 2. The van der Waals surface area contributed by atoms with Gasteiger partial charge in [0.15, 0.2) is 5.82 Å². The number of hydrogen-bond donors (Lipinski definition) is 3. The predicted molar refractivity (Wildman–Crippen MR) is 189 cm³/mol. The fourth-order valence-electron chi connectivity index (χ4n) is 6.91. The average molecular weight is 694 g/mol. The molecule has 5 rings (SSSR count). The number of likely N-dealkylation sites (N-methyl/N-ethyl adjacent to an activating group) is 1. The highest BCUT2D eigenvalue weighted by atomic mass is 19.1. The predicted octanol–water partition coefficient (Wildman–Crippen LogP) is 6.15. The van der Waals surface area contributed by atoms with Crippen LogP contribution in [0.2, 0.25) is 0 Å². The molecule has 1 saturated heterocycles. The van der Waals surface area contributed by atoms with Gasteiger partial charge in [0.1, 0.15) is 24.5 Å². The fraction of sp³-hybridized carbons (Fsp3) is 0.579. The van der Waals surface area contributed by atoms with E-state index in [1.807, 2.05) is 30.3 Å². The first-order valence-electron chi connectivity index (χ1n) is 17.8. The standard InChI is InChI=1S/C38H52FN5O6/c1-24-21-44(19-18-43(24)5)22-28(17-20-45)29-15-16-30(32(39)33(29)41-36(47)49-23-25-9-7-6-8-10-25)40-35(46)34(42-37(48)50-38(2,3)4)31(26-11-12-26)27-13-14-27/h6-10,15-16,20,24,26-28,31,34H,11-14,17-19,21-23H2,1-5H3,(H,40,46)(H,41,47)(H,42,48)/t24-,28-,34+/m1/s1. The molecule has 2 saturated carbocycles. The summed E-state index contributed by atoms with van der Waals surface area (Å²) < 4.78 is 27.6. The van der Waals surface area contributed by atoms with Crippen LogP contribution in [0.4, 0.5) is 25.4 Å². The summed E-state index contributed by atoms with van der Waals surface area (Å²) in [6.45, 7) is 10.2. The second kappa shape index (κ2) is 16.3. The first-order chi connectivity index (χ1) is 23.8. The molecule has 11 nitrogen and oxygen atoms in total. The summed E-state index contributed by atoms with van der Waals surface area (Å²) in [6.07, 6.45) is 3.19. The van der Waals surface area contributed by atoms with Gasteiger partial charge >= 0.3 is 12.2 Å². The molecule has 2 aromatic rings. The summed E-state index contributed by atoms with van der Waals surface area (Å²) in [4.78, 5) is 56.5. The number of carbonyl (C=O) groups excluding carboxylic acids is 4. The van der Waals surface area contributed by atoms with Crippen molar-refractivity contribution in [3.05, 3.63) is 59.4 Å². The van der Waals surface area contributed by atoms with E-state index in [9.17, 15) is 19.2 Å². The second-order valence-corrected chi connectivity index (χ2v) is 15.1. The van der Waals surface area contributed by atoms with Crippen molar-refractivity contribution in [1.82, 2.24) is 15.1 Å². The summed E-state index contributed by atoms with van der Waals surface area (Å²) in [7, 11) is 2.07. The van der Waals surface area contributed by atoms with Crippen molar-refractivity contribution in [2.75, 3.05) is 43.9 Å². The Morgan fingerprint density at radius 1 is 0.980 bits per heavy atom. The van der Waals surface area contributed by atoms with Gasteiger partial charge in [0.25, 0.3) is 0 Å². The summed E-state index contributed by atoms with van der Waals surface area (Å²) in [6, 6.07) is 11.6. The van der Waals surface area contributed by atoms with Gasteiger partial charge in [-0.15, -0.1) is 0 Å². The van der Waals surface area contributed by atoms with Gasteiger partial charge in [0, 0.05) is 44.6 Å². The van der Waals surface area contributed by atoms with Gasteiger partial charge in [-0.25, -0.2) is 14.0 Å². The van der Waals surface area contributed by atoms with Crippen LogP contribution >= 0.6 is 0 Å². The molecule has 3 N–H and O–H groups in total. The highest BCUT2D eigenvalue weighted by Crippen LogP contribution is 2.51. The van der Waals surface area contributed by atoms with Gasteiger partial charge < -0.3 is 29.8 Å². The summed E-state index contributed by atoms with van der Waals surface area (Å²) in [5.41, 5.74) is 0.103. The first-order valence-corrected chi connectivity index (χ1v) is 17.8. The number of carbonyl (C=O) groups is 4. The molecule has 0 radical (unpaired) electrons. The number of aldehydes is 1. The Bertz CT molecular complexity index is 1500. The Morgan fingerprint density at radius 2 is 1.66 bits per heavy atom. The van der Waals surface area contributed by atoms with Crippen LogP contribution in [0.1, 0.15) is 76.8 Å². The molecule has 50 heavy (non-hydrogen) atoms. The maximum absolute atomic E-state index is 16.7. The van der Waals surface area contributed by atoms with Gasteiger partial charge in [0.2, 0.25) is 5.91 Å². The average Bonchev–Trinajstić information content (AvgIpc) is 3.99. The van der Waals surface area contributed by atoms with Crippen LogP contribution in [0.25, 0.3) is 0 Å². The second-order valence-electron chi connectivity index (χ2n) is 15.1. The lowest BCUT2D eigenvalue weighted by atomic mass is 9.88. The Hall–Kier alpha value is -4.03. The van der Waals surface area contributed by atoms with Crippen molar-refractivity contribution in [2.45, 2.75) is 90.0 Å². The summed E-state index contributed by atoms with van der Waals surface area (Å²) in [5.74, 6) is -1.38. The third-order valence-electron chi connectivity index (χ3n) is 9.89. The Labute approximate surface area is 294 Å². The van der Waals surface area contributed by atoms with Crippen LogP contribution in [0.3, 0.4) is 0 Å². The van der Waals surface area contributed by atoms with Crippen molar-refractivity contribution < 1.29 is 33.0 Å². The Morgan fingerprint density at radius 3 is 2.26 bits per heavy atom. The molecular formula is C38H52FN5O6. The molecule has 3 atom stereocenters. The molecule has 12 heteroatoms. The minimum absolute atomic E-state index is 0.0290. The molecule has 1 aliphatic heterocycles. The monoisotopic (exact) mass is 693 g/mol. The number of rotatable bonds is 14. The van der Waals surface area contributed by atoms with E-state index in [2.05, 4.69) is 39.7 Å². The number of alkyl carbamates (subject to hydrolysis) is 1. The van der Waals surface area contributed by atoms with E-state index >= 15 is 4.39 Å². The van der Waals surface area contributed by atoms with E-state index in [1.54, 1.807) is 26.8 Å². The topological polar surface area (TPSA) is 129 Å². The SMILES string of the molecule is C[C@@H]1CN(C[C@@H](CC=O)c2ccc(NC(=O)[C@@H](NC(=O)OC(C)(C)C)C(C3CC3)C3CC3)c(F)c2NC(=O)OCc2ccccc2)CCN1C. The highest BCUT2D eigenvalue weighted by molar-refractivity contribution is 5.98. The molecule has 272 valence electrons. The molecule has 3 aliphatic rings. The zero-order chi connectivity index (χ0) is 36.0. The molecule has 0 unspecified atom stereocenters. The maximum atomic E-state index is 16.7. The van der Waals surface area contributed by atoms with E-state index in [-0.39, 0.29) is 30.3 Å². The first kappa shape index (κ1) is 37.2.